The molecule has 0 saturated carbocycles. The van der Waals surface area contributed by atoms with Crippen LogP contribution in [0.25, 0.3) is 0 Å². The van der Waals surface area contributed by atoms with Crippen molar-refractivity contribution in [2.75, 3.05) is 0 Å². The van der Waals surface area contributed by atoms with Crippen LogP contribution >= 0.6 is 46.3 Å². The molecule has 2 nitrogen and oxygen atoms in total. The lowest BCUT2D eigenvalue weighted by atomic mass is 10.3. The van der Waals surface area contributed by atoms with Gasteiger partial charge in [0.05, 0.1) is 10.9 Å². The molecule has 0 unspecified atom stereocenters. The predicted molar refractivity (Wildman–Crippen MR) is 65.0 cm³/mol. The molecule has 0 aliphatic carbocycles. The third kappa shape index (κ3) is 2.64. The summed E-state index contributed by atoms with van der Waals surface area (Å²) < 4.78 is 0.963. The third-order valence-corrected chi connectivity index (χ3v) is 4.25. The molecular weight excluding hydrogens is 271 g/mol. The molecular formula is C9H6Cl2N2S2. The van der Waals surface area contributed by atoms with Gasteiger partial charge in [-0.15, -0.1) is 22.9 Å². The quantitative estimate of drug-likeness (QED) is 0.790. The van der Waals surface area contributed by atoms with E-state index in [0.717, 1.165) is 14.8 Å². The van der Waals surface area contributed by atoms with Gasteiger partial charge in [-0.2, -0.15) is 0 Å². The number of rotatable bonds is 3. The molecule has 0 saturated heterocycles. The van der Waals surface area contributed by atoms with Crippen molar-refractivity contribution in [2.24, 2.45) is 0 Å². The van der Waals surface area contributed by atoms with Crippen LogP contribution in [0.3, 0.4) is 0 Å². The smallest absolute Gasteiger partial charge is 0.154 e. The van der Waals surface area contributed by atoms with E-state index in [9.17, 15) is 0 Å². The van der Waals surface area contributed by atoms with Crippen molar-refractivity contribution in [3.05, 3.63) is 34.6 Å². The van der Waals surface area contributed by atoms with Crippen LogP contribution < -0.4 is 0 Å². The number of thiazole rings is 1. The van der Waals surface area contributed by atoms with Gasteiger partial charge in [-0.25, -0.2) is 4.98 Å². The van der Waals surface area contributed by atoms with E-state index >= 15 is 0 Å². The van der Waals surface area contributed by atoms with E-state index in [4.69, 9.17) is 23.2 Å². The second-order valence-corrected chi connectivity index (χ2v) is 5.49. The van der Waals surface area contributed by atoms with Crippen LogP contribution in [0.4, 0.5) is 0 Å². The number of alkyl halides is 1. The zero-order chi connectivity index (χ0) is 10.7. The topological polar surface area (TPSA) is 25.8 Å². The standard InChI is InChI=1S/C9H6Cl2N2S2/c10-3-6-7(11)4-12-5-8(6)15-9-13-1-2-14-9/h1-2,4-5H,3H2. The number of aromatic nitrogens is 2. The normalized spacial score (nSPS) is 10.5. The Hall–Kier alpha value is -0.290. The molecule has 0 aliphatic heterocycles. The van der Waals surface area contributed by atoms with Gasteiger partial charge in [0.25, 0.3) is 0 Å². The molecule has 0 atom stereocenters. The van der Waals surface area contributed by atoms with Gasteiger partial charge in [-0.05, 0) is 0 Å². The molecule has 0 bridgehead atoms. The molecule has 0 amide bonds. The summed E-state index contributed by atoms with van der Waals surface area (Å²) in [6.07, 6.45) is 5.13. The van der Waals surface area contributed by atoms with Gasteiger partial charge in [0.15, 0.2) is 4.34 Å². The number of halogens is 2. The highest BCUT2D eigenvalue weighted by Crippen LogP contribution is 2.34. The maximum atomic E-state index is 5.99. The maximum absolute atomic E-state index is 5.99. The van der Waals surface area contributed by atoms with Crippen molar-refractivity contribution in [2.45, 2.75) is 15.1 Å². The average molecular weight is 277 g/mol. The van der Waals surface area contributed by atoms with Crippen LogP contribution in [0, 0.1) is 0 Å². The number of pyridine rings is 1. The van der Waals surface area contributed by atoms with Crippen LogP contribution in [-0.2, 0) is 5.88 Å². The first kappa shape index (κ1) is 11.2. The summed E-state index contributed by atoms with van der Waals surface area (Å²) in [5, 5.41) is 2.53. The van der Waals surface area contributed by atoms with Crippen LogP contribution in [0.15, 0.2) is 33.2 Å². The van der Waals surface area contributed by atoms with Crippen molar-refractivity contribution in [1.29, 1.82) is 0 Å². The lowest BCUT2D eigenvalue weighted by Crippen LogP contribution is -1.87. The van der Waals surface area contributed by atoms with E-state index in [1.807, 2.05) is 5.38 Å². The summed E-state index contributed by atoms with van der Waals surface area (Å²) in [6.45, 7) is 0. The summed E-state index contributed by atoms with van der Waals surface area (Å²) >= 11 is 14.9. The highest BCUT2D eigenvalue weighted by atomic mass is 35.5. The van der Waals surface area contributed by atoms with E-state index in [0.29, 0.717) is 10.9 Å². The minimum absolute atomic E-state index is 0.384. The van der Waals surface area contributed by atoms with E-state index in [-0.39, 0.29) is 0 Å². The Morgan fingerprint density at radius 2 is 2.27 bits per heavy atom. The molecule has 78 valence electrons. The van der Waals surface area contributed by atoms with E-state index in [1.54, 1.807) is 29.9 Å². The van der Waals surface area contributed by atoms with Crippen molar-refractivity contribution >= 4 is 46.3 Å². The van der Waals surface area contributed by atoms with Crippen LogP contribution in [0.2, 0.25) is 5.02 Å². The highest BCUT2D eigenvalue weighted by Gasteiger charge is 2.09. The predicted octanol–water partition coefficient (Wildman–Crippen LogP) is 4.08. The van der Waals surface area contributed by atoms with Crippen molar-refractivity contribution in [1.82, 2.24) is 9.97 Å². The monoisotopic (exact) mass is 276 g/mol. The Morgan fingerprint density at radius 3 is 2.93 bits per heavy atom. The zero-order valence-corrected chi connectivity index (χ0v) is 10.6. The minimum atomic E-state index is 0.384. The summed E-state index contributed by atoms with van der Waals surface area (Å²) in [5.74, 6) is 0.384. The first-order valence-electron chi connectivity index (χ1n) is 4.07. The molecule has 2 aromatic heterocycles. The highest BCUT2D eigenvalue weighted by molar-refractivity contribution is 8.01. The number of hydrogen-bond acceptors (Lipinski definition) is 4. The molecule has 2 rings (SSSR count). The fourth-order valence-electron chi connectivity index (χ4n) is 1.02. The molecule has 0 radical (unpaired) electrons. The van der Waals surface area contributed by atoms with E-state index < -0.39 is 0 Å². The van der Waals surface area contributed by atoms with Crippen LogP contribution in [-0.4, -0.2) is 9.97 Å². The first-order chi connectivity index (χ1) is 7.31. The molecule has 0 fully saturated rings. The summed E-state index contributed by atoms with van der Waals surface area (Å²) in [7, 11) is 0. The van der Waals surface area contributed by atoms with Crippen LogP contribution in [0.5, 0.6) is 0 Å². The Kier molecular flexibility index (Phi) is 3.86. The summed E-state index contributed by atoms with van der Waals surface area (Å²) in [5.41, 5.74) is 0.911. The SMILES string of the molecule is ClCc1c(Cl)cncc1Sc1nccs1. The Bertz CT molecular complexity index is 445. The average Bonchev–Trinajstić information content (AvgIpc) is 2.71. The second-order valence-electron chi connectivity index (χ2n) is 2.63. The molecule has 2 heterocycles. The Morgan fingerprint density at radius 1 is 1.40 bits per heavy atom. The molecule has 15 heavy (non-hydrogen) atoms. The third-order valence-electron chi connectivity index (χ3n) is 1.71. The Labute approximate surface area is 106 Å². The largest absolute Gasteiger partial charge is 0.262 e. The van der Waals surface area contributed by atoms with E-state index in [1.165, 1.54) is 11.8 Å². The van der Waals surface area contributed by atoms with Gasteiger partial charge in [-0.1, -0.05) is 23.4 Å². The number of nitrogens with zero attached hydrogens (tertiary/aromatic N) is 2. The van der Waals surface area contributed by atoms with Crippen molar-refractivity contribution in [3.8, 4) is 0 Å². The van der Waals surface area contributed by atoms with Gasteiger partial charge in [0.2, 0.25) is 0 Å². The van der Waals surface area contributed by atoms with E-state index in [2.05, 4.69) is 9.97 Å². The van der Waals surface area contributed by atoms with Gasteiger partial charge in [0.1, 0.15) is 0 Å². The van der Waals surface area contributed by atoms with Crippen molar-refractivity contribution < 1.29 is 0 Å². The molecule has 0 aliphatic rings. The fraction of sp³-hybridized carbons (Fsp3) is 0.111. The molecule has 2 aromatic rings. The van der Waals surface area contributed by atoms with Gasteiger partial charge in [0, 0.05) is 34.4 Å². The molecule has 6 heteroatoms. The van der Waals surface area contributed by atoms with Crippen LogP contribution in [0.1, 0.15) is 5.56 Å². The van der Waals surface area contributed by atoms with Gasteiger partial charge >= 0.3 is 0 Å². The van der Waals surface area contributed by atoms with Crippen molar-refractivity contribution in [3.63, 3.8) is 0 Å². The van der Waals surface area contributed by atoms with Gasteiger partial charge in [-0.3, -0.25) is 4.98 Å². The fourth-order valence-corrected chi connectivity index (χ4v) is 3.44. The summed E-state index contributed by atoms with van der Waals surface area (Å²) in [6, 6.07) is 0. The first-order valence-corrected chi connectivity index (χ1v) is 6.68. The molecule has 0 spiro atoms. The Balaban J connectivity index is 2.32. The maximum Gasteiger partial charge on any atom is 0.154 e. The second kappa shape index (κ2) is 5.16. The lowest BCUT2D eigenvalue weighted by molar-refractivity contribution is 1.15. The lowest BCUT2D eigenvalue weighted by Gasteiger charge is -2.05. The number of hydrogen-bond donors (Lipinski definition) is 0. The molecule has 0 aromatic carbocycles. The zero-order valence-electron chi connectivity index (χ0n) is 7.48. The minimum Gasteiger partial charge on any atom is -0.262 e. The summed E-state index contributed by atoms with van der Waals surface area (Å²) in [4.78, 5) is 9.19. The molecule has 0 N–H and O–H groups in total. The van der Waals surface area contributed by atoms with Gasteiger partial charge < -0.3 is 0 Å².